The Kier molecular flexibility index (Phi) is 8.77. The third-order valence-electron chi connectivity index (χ3n) is 7.64. The molecule has 0 heterocycles. The molecule has 5 atom stereocenters. The van der Waals surface area contributed by atoms with Gasteiger partial charge in [-0.2, -0.15) is 0 Å². The van der Waals surface area contributed by atoms with Crippen molar-refractivity contribution in [3.63, 3.8) is 0 Å². The lowest BCUT2D eigenvalue weighted by atomic mass is 9.89. The minimum absolute atomic E-state index is 0.0424. The number of ether oxygens (including phenoxy) is 1. The molecule has 3 aliphatic rings. The van der Waals surface area contributed by atoms with E-state index in [0.717, 1.165) is 32.1 Å². The molecule has 0 aromatic carbocycles. The predicted octanol–water partition coefficient (Wildman–Crippen LogP) is 4.09. The van der Waals surface area contributed by atoms with Crippen LogP contribution in [0.1, 0.15) is 72.6 Å². The van der Waals surface area contributed by atoms with Crippen molar-refractivity contribution in [2.24, 2.45) is 23.7 Å². The molecular formula is C26H43NO4. The third kappa shape index (κ3) is 6.21. The first-order valence-corrected chi connectivity index (χ1v) is 12.4. The quantitative estimate of drug-likeness (QED) is 0.424. The highest BCUT2D eigenvalue weighted by Gasteiger charge is 2.45. The van der Waals surface area contributed by atoms with Crippen LogP contribution in [-0.2, 0) is 9.53 Å². The first-order valence-electron chi connectivity index (χ1n) is 12.4. The van der Waals surface area contributed by atoms with E-state index in [-0.39, 0.29) is 42.7 Å². The number of aliphatic hydroxyl groups is 2. The SMILES string of the molecule is CC(C)N(C(=O)COC/C=C1\C[C@H]2C[C@@H](O)[C@H](/C=C/[C@@H](O)C3CCCC3)[C@H]2C1)C(C)C. The van der Waals surface area contributed by atoms with Gasteiger partial charge in [-0.15, -0.1) is 0 Å². The number of carbonyl (C=O) groups is 1. The second-order valence-corrected chi connectivity index (χ2v) is 10.5. The molecule has 0 radical (unpaired) electrons. The molecule has 5 heteroatoms. The zero-order valence-corrected chi connectivity index (χ0v) is 19.9. The summed E-state index contributed by atoms with van der Waals surface area (Å²) in [5, 5.41) is 21.0. The molecule has 176 valence electrons. The first kappa shape index (κ1) is 24.5. The smallest absolute Gasteiger partial charge is 0.249 e. The second-order valence-electron chi connectivity index (χ2n) is 10.5. The third-order valence-corrected chi connectivity index (χ3v) is 7.64. The molecule has 0 spiro atoms. The van der Waals surface area contributed by atoms with E-state index in [1.807, 2.05) is 38.7 Å². The fourth-order valence-corrected chi connectivity index (χ4v) is 6.21. The van der Waals surface area contributed by atoms with Crippen molar-refractivity contribution < 1.29 is 19.7 Å². The van der Waals surface area contributed by atoms with Gasteiger partial charge in [0, 0.05) is 18.0 Å². The van der Waals surface area contributed by atoms with E-state index in [1.54, 1.807) is 0 Å². The van der Waals surface area contributed by atoms with Crippen LogP contribution in [0, 0.1) is 23.7 Å². The van der Waals surface area contributed by atoms with Gasteiger partial charge >= 0.3 is 0 Å². The van der Waals surface area contributed by atoms with E-state index < -0.39 is 0 Å². The number of rotatable bonds is 9. The largest absolute Gasteiger partial charge is 0.392 e. The van der Waals surface area contributed by atoms with Crippen LogP contribution in [0.4, 0.5) is 0 Å². The maximum absolute atomic E-state index is 12.4. The Morgan fingerprint density at radius 3 is 2.48 bits per heavy atom. The summed E-state index contributed by atoms with van der Waals surface area (Å²) in [5.74, 6) is 1.54. The van der Waals surface area contributed by atoms with Gasteiger partial charge in [0.15, 0.2) is 0 Å². The van der Waals surface area contributed by atoms with Gasteiger partial charge in [0.05, 0.1) is 18.8 Å². The number of allylic oxidation sites excluding steroid dienone is 1. The Hall–Kier alpha value is -1.17. The number of hydrogen-bond donors (Lipinski definition) is 2. The molecule has 3 rings (SSSR count). The fourth-order valence-electron chi connectivity index (χ4n) is 6.21. The average Bonchev–Trinajstić information content (AvgIpc) is 3.40. The zero-order chi connectivity index (χ0) is 22.5. The first-order chi connectivity index (χ1) is 14.8. The van der Waals surface area contributed by atoms with Crippen molar-refractivity contribution in [3.05, 3.63) is 23.8 Å². The molecule has 3 aliphatic carbocycles. The molecule has 0 bridgehead atoms. The Bertz CT molecular complexity index is 642. The van der Waals surface area contributed by atoms with Crippen LogP contribution < -0.4 is 0 Å². The van der Waals surface area contributed by atoms with Crippen molar-refractivity contribution >= 4 is 5.91 Å². The van der Waals surface area contributed by atoms with E-state index in [9.17, 15) is 15.0 Å². The van der Waals surface area contributed by atoms with Gasteiger partial charge < -0.3 is 19.8 Å². The van der Waals surface area contributed by atoms with Gasteiger partial charge in [-0.25, -0.2) is 0 Å². The fraction of sp³-hybridized carbons (Fsp3) is 0.808. The van der Waals surface area contributed by atoms with Crippen LogP contribution in [-0.4, -0.2) is 58.5 Å². The summed E-state index contributed by atoms with van der Waals surface area (Å²) in [6.07, 6.45) is 13.1. The highest BCUT2D eigenvalue weighted by molar-refractivity contribution is 5.78. The lowest BCUT2D eigenvalue weighted by Gasteiger charge is -2.30. The van der Waals surface area contributed by atoms with E-state index >= 15 is 0 Å². The maximum atomic E-state index is 12.4. The van der Waals surface area contributed by atoms with Crippen molar-refractivity contribution in [1.82, 2.24) is 4.90 Å². The average molecular weight is 434 g/mol. The van der Waals surface area contributed by atoms with Crippen molar-refractivity contribution in [3.8, 4) is 0 Å². The van der Waals surface area contributed by atoms with E-state index in [2.05, 4.69) is 12.2 Å². The Balaban J connectivity index is 1.47. The highest BCUT2D eigenvalue weighted by atomic mass is 16.5. The molecular weight excluding hydrogens is 390 g/mol. The summed E-state index contributed by atoms with van der Waals surface area (Å²) in [7, 11) is 0. The molecule has 2 N–H and O–H groups in total. The molecule has 31 heavy (non-hydrogen) atoms. The number of nitrogens with zero attached hydrogens (tertiary/aromatic N) is 1. The monoisotopic (exact) mass is 433 g/mol. The summed E-state index contributed by atoms with van der Waals surface area (Å²) in [6, 6.07) is 0.347. The summed E-state index contributed by atoms with van der Waals surface area (Å²) >= 11 is 0. The molecule has 0 saturated heterocycles. The summed E-state index contributed by atoms with van der Waals surface area (Å²) in [4.78, 5) is 14.3. The minimum Gasteiger partial charge on any atom is -0.392 e. The predicted molar refractivity (Wildman–Crippen MR) is 123 cm³/mol. The van der Waals surface area contributed by atoms with Crippen LogP contribution >= 0.6 is 0 Å². The standard InChI is InChI=1S/C26H43NO4/c1-17(2)27(18(3)4)26(30)16-31-12-11-19-13-21-15-25(29)22(23(21)14-19)9-10-24(28)20-7-5-6-8-20/h9-11,17-18,20-25,28-29H,5-8,12-16H2,1-4H3/b10-9+,19-11+/t21-,22+,23-,24+,25+/m0/s1. The minimum atomic E-state index is -0.368. The molecule has 3 fully saturated rings. The molecule has 0 aromatic heterocycles. The van der Waals surface area contributed by atoms with Gasteiger partial charge in [0.25, 0.3) is 0 Å². The highest BCUT2D eigenvalue weighted by Crippen LogP contribution is 2.50. The number of fused-ring (bicyclic) bond motifs is 1. The van der Waals surface area contributed by atoms with Crippen molar-refractivity contribution in [2.75, 3.05) is 13.2 Å². The van der Waals surface area contributed by atoms with Crippen molar-refractivity contribution in [2.45, 2.75) is 96.9 Å². The van der Waals surface area contributed by atoms with Gasteiger partial charge in [-0.3, -0.25) is 4.79 Å². The van der Waals surface area contributed by atoms with Gasteiger partial charge in [0.2, 0.25) is 5.91 Å². The van der Waals surface area contributed by atoms with Crippen LogP contribution in [0.5, 0.6) is 0 Å². The van der Waals surface area contributed by atoms with Gasteiger partial charge in [-0.1, -0.05) is 36.6 Å². The molecule has 0 unspecified atom stereocenters. The lowest BCUT2D eigenvalue weighted by Crippen LogP contribution is -2.43. The van der Waals surface area contributed by atoms with Gasteiger partial charge in [0.1, 0.15) is 6.61 Å². The maximum Gasteiger partial charge on any atom is 0.249 e. The molecule has 3 saturated carbocycles. The second kappa shape index (κ2) is 11.1. The molecule has 1 amide bonds. The van der Waals surface area contributed by atoms with Crippen molar-refractivity contribution in [1.29, 1.82) is 0 Å². The summed E-state index contributed by atoms with van der Waals surface area (Å²) in [6.45, 7) is 8.71. The normalized spacial score (nSPS) is 31.4. The number of hydrogen-bond acceptors (Lipinski definition) is 4. The number of amides is 1. The van der Waals surface area contributed by atoms with E-state index in [0.29, 0.717) is 24.4 Å². The lowest BCUT2D eigenvalue weighted by molar-refractivity contribution is -0.139. The molecule has 5 nitrogen and oxygen atoms in total. The number of aliphatic hydroxyl groups excluding tert-OH is 2. The van der Waals surface area contributed by atoms with E-state index in [1.165, 1.54) is 18.4 Å². The van der Waals surface area contributed by atoms with Crippen LogP contribution in [0.25, 0.3) is 0 Å². The summed E-state index contributed by atoms with van der Waals surface area (Å²) in [5.41, 5.74) is 1.38. The summed E-state index contributed by atoms with van der Waals surface area (Å²) < 4.78 is 5.68. The molecule has 0 aliphatic heterocycles. The Labute approximate surface area is 188 Å². The topological polar surface area (TPSA) is 70.0 Å². The van der Waals surface area contributed by atoms with Crippen LogP contribution in [0.2, 0.25) is 0 Å². The number of carbonyl (C=O) groups excluding carboxylic acids is 1. The van der Waals surface area contributed by atoms with E-state index in [4.69, 9.17) is 4.74 Å². The zero-order valence-electron chi connectivity index (χ0n) is 19.9. The van der Waals surface area contributed by atoms with Crippen LogP contribution in [0.15, 0.2) is 23.8 Å². The van der Waals surface area contributed by atoms with Gasteiger partial charge in [-0.05, 0) is 77.6 Å². The molecule has 0 aromatic rings. The Morgan fingerprint density at radius 2 is 1.84 bits per heavy atom. The van der Waals surface area contributed by atoms with Crippen LogP contribution in [0.3, 0.4) is 0 Å². The Morgan fingerprint density at radius 1 is 1.16 bits per heavy atom.